The third-order valence-electron chi connectivity index (χ3n) is 10.8. The van der Waals surface area contributed by atoms with Crippen LogP contribution in [0.5, 0.6) is 11.5 Å². The van der Waals surface area contributed by atoms with Gasteiger partial charge in [-0.1, -0.05) is 127 Å². The lowest BCUT2D eigenvalue weighted by Gasteiger charge is -2.30. The number of fused-ring (bicyclic) bond motifs is 5. The molecule has 11 rings (SSSR count). The lowest BCUT2D eigenvalue weighted by atomic mass is 9.93. The fourth-order valence-electron chi connectivity index (χ4n) is 8.25. The summed E-state index contributed by atoms with van der Waals surface area (Å²) in [7, 11) is 0. The van der Waals surface area contributed by atoms with E-state index in [1.54, 1.807) is 0 Å². The molecule has 1 aliphatic heterocycles. The van der Waals surface area contributed by atoms with E-state index < -0.39 is 0 Å². The van der Waals surface area contributed by atoms with Crippen LogP contribution in [0.2, 0.25) is 0 Å². The highest BCUT2D eigenvalue weighted by atomic mass is 16.5. The van der Waals surface area contributed by atoms with E-state index in [1.807, 2.05) is 12.1 Å². The van der Waals surface area contributed by atoms with Gasteiger partial charge < -0.3 is 19.0 Å². The average Bonchev–Trinajstić information content (AvgIpc) is 3.65. The van der Waals surface area contributed by atoms with E-state index in [-0.39, 0.29) is 0 Å². The lowest BCUT2D eigenvalue weighted by Crippen LogP contribution is -2.11. The summed E-state index contributed by atoms with van der Waals surface area (Å²) in [5.74, 6) is 1.64. The predicted molar refractivity (Wildman–Crippen MR) is 232 cm³/mol. The first kappa shape index (κ1) is 31.9. The molecule has 4 nitrogen and oxygen atoms in total. The number of rotatable bonds is 7. The number of benzene rings is 9. The molecule has 1 aliphatic rings. The van der Waals surface area contributed by atoms with Gasteiger partial charge >= 0.3 is 0 Å². The van der Waals surface area contributed by atoms with Crippen LogP contribution in [0.4, 0.5) is 34.1 Å². The largest absolute Gasteiger partial charge is 0.456 e. The topological polar surface area (TPSA) is 28.9 Å². The molecule has 0 bridgehead atoms. The van der Waals surface area contributed by atoms with Crippen LogP contribution < -0.4 is 14.5 Å². The zero-order valence-electron chi connectivity index (χ0n) is 30.3. The van der Waals surface area contributed by atoms with E-state index in [2.05, 4.69) is 204 Å². The van der Waals surface area contributed by atoms with Gasteiger partial charge in [-0.15, -0.1) is 0 Å². The first-order valence-corrected chi connectivity index (χ1v) is 18.9. The second-order valence-corrected chi connectivity index (χ2v) is 14.1. The highest BCUT2D eigenvalue weighted by Gasteiger charge is 2.26. The van der Waals surface area contributed by atoms with Crippen LogP contribution >= 0.6 is 0 Å². The monoisotopic (exact) mass is 718 g/mol. The van der Waals surface area contributed by atoms with Gasteiger partial charge in [0.25, 0.3) is 0 Å². The van der Waals surface area contributed by atoms with Crippen molar-refractivity contribution < 1.29 is 9.15 Å². The Bertz CT molecular complexity index is 3010. The van der Waals surface area contributed by atoms with Gasteiger partial charge in [0.1, 0.15) is 17.1 Å². The SMILES string of the molecule is c1ccc(-c2ccc(N(c3cc4c5c(cccc5c3)-c3cc(N(c5ccccc5)c5ccccc5)ccc3O4)c3cccc4c3oc3ccccc34)cc2)cc1. The number of hydrogen-bond acceptors (Lipinski definition) is 4. The Labute approximate surface area is 324 Å². The standard InChI is InChI=1S/C52H34N2O2/c1-4-14-35(15-5-1)36-26-28-40(29-27-36)54(47-24-13-23-45-43-21-10-11-25-48(43)56-52(45)47)42-32-37-16-12-22-44-46-33-41(30-31-49(46)55-50(34-42)51(37)44)53(38-17-6-2-7-18-38)39-19-8-3-9-20-39/h1-34H. The van der Waals surface area contributed by atoms with Crippen LogP contribution in [0.15, 0.2) is 211 Å². The number of para-hydroxylation sites is 4. The van der Waals surface area contributed by atoms with Gasteiger partial charge in [-0.25, -0.2) is 0 Å². The molecule has 4 heteroatoms. The molecule has 0 radical (unpaired) electrons. The van der Waals surface area contributed by atoms with Gasteiger partial charge in [0.05, 0.1) is 11.4 Å². The summed E-state index contributed by atoms with van der Waals surface area (Å²) in [5, 5.41) is 4.36. The van der Waals surface area contributed by atoms with Crippen molar-refractivity contribution in [1.82, 2.24) is 0 Å². The second-order valence-electron chi connectivity index (χ2n) is 14.1. The average molecular weight is 719 g/mol. The van der Waals surface area contributed by atoms with Crippen LogP contribution in [0.25, 0.3) is 55.0 Å². The summed E-state index contributed by atoms with van der Waals surface area (Å²) in [4.78, 5) is 4.58. The molecule has 0 atom stereocenters. The van der Waals surface area contributed by atoms with Gasteiger partial charge in [-0.05, 0) is 94.9 Å². The fraction of sp³-hybridized carbons (Fsp3) is 0. The third-order valence-corrected chi connectivity index (χ3v) is 10.8. The number of nitrogens with zero attached hydrogens (tertiary/aromatic N) is 2. The molecule has 0 amide bonds. The maximum Gasteiger partial charge on any atom is 0.159 e. The van der Waals surface area contributed by atoms with Crippen LogP contribution in [0, 0.1) is 0 Å². The minimum absolute atomic E-state index is 0.819. The van der Waals surface area contributed by atoms with Crippen molar-refractivity contribution in [2.24, 2.45) is 0 Å². The van der Waals surface area contributed by atoms with Gasteiger partial charge in [-0.3, -0.25) is 0 Å². The van der Waals surface area contributed by atoms with Crippen molar-refractivity contribution in [1.29, 1.82) is 0 Å². The Hall–Kier alpha value is -7.56. The normalized spacial score (nSPS) is 11.7. The Kier molecular flexibility index (Phi) is 7.46. The first-order chi connectivity index (χ1) is 27.8. The van der Waals surface area contributed by atoms with Gasteiger partial charge in [0.2, 0.25) is 0 Å². The van der Waals surface area contributed by atoms with E-state index in [0.29, 0.717) is 0 Å². The van der Waals surface area contributed by atoms with Gasteiger partial charge in [0.15, 0.2) is 5.58 Å². The van der Waals surface area contributed by atoms with Crippen molar-refractivity contribution in [2.45, 2.75) is 0 Å². The molecule has 9 aromatic carbocycles. The molecule has 56 heavy (non-hydrogen) atoms. The number of furan rings is 1. The molecule has 0 saturated heterocycles. The Morgan fingerprint density at radius 2 is 0.982 bits per heavy atom. The molecule has 0 saturated carbocycles. The highest BCUT2D eigenvalue weighted by Crippen LogP contribution is 2.52. The zero-order valence-corrected chi connectivity index (χ0v) is 30.3. The van der Waals surface area contributed by atoms with E-state index in [9.17, 15) is 0 Å². The van der Waals surface area contributed by atoms with Crippen molar-refractivity contribution in [3.63, 3.8) is 0 Å². The van der Waals surface area contributed by atoms with Crippen molar-refractivity contribution >= 4 is 66.8 Å². The first-order valence-electron chi connectivity index (χ1n) is 18.9. The third kappa shape index (κ3) is 5.31. The molecule has 0 unspecified atom stereocenters. The second kappa shape index (κ2) is 13.1. The fourth-order valence-corrected chi connectivity index (χ4v) is 8.25. The zero-order chi connectivity index (χ0) is 37.0. The summed E-state index contributed by atoms with van der Waals surface area (Å²) in [6.07, 6.45) is 0. The van der Waals surface area contributed by atoms with Crippen molar-refractivity contribution in [2.75, 3.05) is 9.80 Å². The molecule has 264 valence electrons. The van der Waals surface area contributed by atoms with E-state index in [0.717, 1.165) is 95.0 Å². The maximum atomic E-state index is 6.90. The van der Waals surface area contributed by atoms with Gasteiger partial charge in [0, 0.05) is 50.5 Å². The van der Waals surface area contributed by atoms with E-state index in [4.69, 9.17) is 9.15 Å². The molecular formula is C52H34N2O2. The Balaban J connectivity index is 1.08. The molecule has 0 N–H and O–H groups in total. The van der Waals surface area contributed by atoms with E-state index in [1.165, 1.54) is 5.56 Å². The minimum Gasteiger partial charge on any atom is -0.456 e. The van der Waals surface area contributed by atoms with Crippen LogP contribution in [0.1, 0.15) is 0 Å². The predicted octanol–water partition coefficient (Wildman–Crippen LogP) is 15.1. The van der Waals surface area contributed by atoms with Crippen molar-refractivity contribution in [3.05, 3.63) is 206 Å². The van der Waals surface area contributed by atoms with Crippen LogP contribution in [-0.4, -0.2) is 0 Å². The Morgan fingerprint density at radius 3 is 1.75 bits per heavy atom. The summed E-state index contributed by atoms with van der Waals surface area (Å²) in [5.41, 5.74) is 12.4. The van der Waals surface area contributed by atoms with Gasteiger partial charge in [-0.2, -0.15) is 0 Å². The maximum absolute atomic E-state index is 6.90. The number of anilines is 6. The van der Waals surface area contributed by atoms with E-state index >= 15 is 0 Å². The molecule has 0 aliphatic carbocycles. The lowest BCUT2D eigenvalue weighted by molar-refractivity contribution is 0.487. The number of ether oxygens (including phenoxy) is 1. The summed E-state index contributed by atoms with van der Waals surface area (Å²) >= 11 is 0. The van der Waals surface area contributed by atoms with Crippen LogP contribution in [0.3, 0.4) is 0 Å². The molecule has 2 heterocycles. The molecular weight excluding hydrogens is 685 g/mol. The minimum atomic E-state index is 0.819. The molecule has 1 aromatic heterocycles. The summed E-state index contributed by atoms with van der Waals surface area (Å²) < 4.78 is 13.5. The molecule has 0 fully saturated rings. The summed E-state index contributed by atoms with van der Waals surface area (Å²) in [6.45, 7) is 0. The smallest absolute Gasteiger partial charge is 0.159 e. The van der Waals surface area contributed by atoms with Crippen molar-refractivity contribution in [3.8, 4) is 33.8 Å². The summed E-state index contributed by atoms with van der Waals surface area (Å²) in [6, 6.07) is 72.4. The Morgan fingerprint density at radius 1 is 0.357 bits per heavy atom. The molecule has 10 aromatic rings. The quantitative estimate of drug-likeness (QED) is 0.164. The van der Waals surface area contributed by atoms with Crippen LogP contribution in [-0.2, 0) is 0 Å². The number of hydrogen-bond donors (Lipinski definition) is 0. The highest BCUT2D eigenvalue weighted by molar-refractivity contribution is 6.11. The molecule has 0 spiro atoms.